The SMILES string of the molecule is CC(C)Oc1ncnc(NCCC(=O)N2CCCC2)c1N. The molecule has 1 aromatic heterocycles. The molecule has 1 fully saturated rings. The van der Waals surface area contributed by atoms with Gasteiger partial charge in [-0.3, -0.25) is 4.79 Å². The fraction of sp³-hybridized carbons (Fsp3) is 0.643. The van der Waals surface area contributed by atoms with E-state index in [0.717, 1.165) is 25.9 Å². The Hall–Kier alpha value is -2.05. The normalized spacial score (nSPS) is 14.5. The smallest absolute Gasteiger partial charge is 0.242 e. The van der Waals surface area contributed by atoms with E-state index < -0.39 is 0 Å². The number of nitrogens with one attached hydrogen (secondary N) is 1. The summed E-state index contributed by atoms with van der Waals surface area (Å²) in [6.07, 6.45) is 4.04. The summed E-state index contributed by atoms with van der Waals surface area (Å²) in [6, 6.07) is 0. The number of hydrogen-bond donors (Lipinski definition) is 2. The van der Waals surface area contributed by atoms with Crippen molar-refractivity contribution in [2.75, 3.05) is 30.7 Å². The molecule has 1 aliphatic heterocycles. The number of aromatic nitrogens is 2. The fourth-order valence-corrected chi connectivity index (χ4v) is 2.25. The monoisotopic (exact) mass is 293 g/mol. The lowest BCUT2D eigenvalue weighted by Gasteiger charge is -2.16. The average Bonchev–Trinajstić information content (AvgIpc) is 2.96. The maximum atomic E-state index is 11.9. The van der Waals surface area contributed by atoms with E-state index >= 15 is 0 Å². The van der Waals surface area contributed by atoms with Gasteiger partial charge in [0, 0.05) is 26.1 Å². The lowest BCUT2D eigenvalue weighted by molar-refractivity contribution is -0.129. The molecule has 2 rings (SSSR count). The lowest BCUT2D eigenvalue weighted by atomic mass is 10.3. The van der Waals surface area contributed by atoms with E-state index in [1.165, 1.54) is 6.33 Å². The number of hydrogen-bond acceptors (Lipinski definition) is 6. The molecule has 1 saturated heterocycles. The van der Waals surface area contributed by atoms with Crippen LogP contribution in [0, 0.1) is 0 Å². The molecule has 0 atom stereocenters. The van der Waals surface area contributed by atoms with E-state index in [2.05, 4.69) is 15.3 Å². The van der Waals surface area contributed by atoms with Gasteiger partial charge in [0.25, 0.3) is 0 Å². The van der Waals surface area contributed by atoms with Crippen LogP contribution in [0.3, 0.4) is 0 Å². The van der Waals surface area contributed by atoms with Crippen molar-refractivity contribution in [2.24, 2.45) is 0 Å². The van der Waals surface area contributed by atoms with E-state index in [-0.39, 0.29) is 12.0 Å². The van der Waals surface area contributed by atoms with Crippen molar-refractivity contribution in [2.45, 2.75) is 39.2 Å². The van der Waals surface area contributed by atoms with Crippen LogP contribution in [0.4, 0.5) is 11.5 Å². The Morgan fingerprint density at radius 3 is 2.81 bits per heavy atom. The Balaban J connectivity index is 1.86. The summed E-state index contributed by atoms with van der Waals surface area (Å²) in [4.78, 5) is 21.9. The first-order valence-corrected chi connectivity index (χ1v) is 7.36. The number of likely N-dealkylation sites (tertiary alicyclic amines) is 1. The van der Waals surface area contributed by atoms with Gasteiger partial charge >= 0.3 is 0 Å². The van der Waals surface area contributed by atoms with Gasteiger partial charge in [0.05, 0.1) is 6.10 Å². The van der Waals surface area contributed by atoms with Gasteiger partial charge in [-0.1, -0.05) is 0 Å². The minimum absolute atomic E-state index is 0.00760. The molecule has 7 heteroatoms. The third kappa shape index (κ3) is 4.21. The van der Waals surface area contributed by atoms with Crippen LogP contribution >= 0.6 is 0 Å². The van der Waals surface area contributed by atoms with Crippen molar-refractivity contribution in [3.8, 4) is 5.88 Å². The van der Waals surface area contributed by atoms with Gasteiger partial charge in [-0.25, -0.2) is 4.98 Å². The summed E-state index contributed by atoms with van der Waals surface area (Å²) in [5, 5.41) is 3.08. The molecule has 0 unspecified atom stereocenters. The van der Waals surface area contributed by atoms with Crippen LogP contribution in [0.2, 0.25) is 0 Å². The highest BCUT2D eigenvalue weighted by molar-refractivity contribution is 5.77. The second-order valence-electron chi connectivity index (χ2n) is 5.37. The molecule has 2 heterocycles. The van der Waals surface area contributed by atoms with Crippen LogP contribution in [-0.4, -0.2) is 46.5 Å². The summed E-state index contributed by atoms with van der Waals surface area (Å²) in [6.45, 7) is 6.06. The topological polar surface area (TPSA) is 93.4 Å². The number of carbonyl (C=O) groups is 1. The van der Waals surface area contributed by atoms with Crippen molar-refractivity contribution in [3.63, 3.8) is 0 Å². The minimum atomic E-state index is -0.00760. The Labute approximate surface area is 124 Å². The Kier molecular flexibility index (Phi) is 5.19. The van der Waals surface area contributed by atoms with Crippen LogP contribution in [0.15, 0.2) is 6.33 Å². The highest BCUT2D eigenvalue weighted by Crippen LogP contribution is 2.25. The highest BCUT2D eigenvalue weighted by Gasteiger charge is 2.17. The summed E-state index contributed by atoms with van der Waals surface area (Å²) >= 11 is 0. The van der Waals surface area contributed by atoms with Crippen LogP contribution in [-0.2, 0) is 4.79 Å². The van der Waals surface area contributed by atoms with E-state index in [1.807, 2.05) is 18.7 Å². The molecule has 1 aromatic rings. The molecule has 0 aromatic carbocycles. The van der Waals surface area contributed by atoms with Gasteiger partial charge in [-0.15, -0.1) is 0 Å². The van der Waals surface area contributed by atoms with E-state index in [4.69, 9.17) is 10.5 Å². The summed E-state index contributed by atoms with van der Waals surface area (Å²) in [7, 11) is 0. The zero-order valence-corrected chi connectivity index (χ0v) is 12.6. The zero-order valence-electron chi connectivity index (χ0n) is 12.6. The molecular formula is C14H23N5O2. The molecule has 21 heavy (non-hydrogen) atoms. The fourth-order valence-electron chi connectivity index (χ4n) is 2.25. The standard InChI is InChI=1S/C14H23N5O2/c1-10(2)21-14-12(15)13(17-9-18-14)16-6-5-11(20)19-7-3-4-8-19/h9-10H,3-8,15H2,1-2H3,(H,16,17,18). The zero-order chi connectivity index (χ0) is 15.2. The maximum Gasteiger partial charge on any atom is 0.242 e. The van der Waals surface area contributed by atoms with Gasteiger partial charge in [-0.2, -0.15) is 4.98 Å². The van der Waals surface area contributed by atoms with E-state index in [0.29, 0.717) is 30.4 Å². The van der Waals surface area contributed by atoms with Crippen molar-refractivity contribution in [1.29, 1.82) is 0 Å². The quantitative estimate of drug-likeness (QED) is 0.820. The van der Waals surface area contributed by atoms with Crippen molar-refractivity contribution < 1.29 is 9.53 Å². The number of nitrogen functional groups attached to an aromatic ring is 1. The molecule has 1 aliphatic rings. The summed E-state index contributed by atoms with van der Waals surface area (Å²) in [5.41, 5.74) is 6.34. The largest absolute Gasteiger partial charge is 0.473 e. The first-order valence-electron chi connectivity index (χ1n) is 7.36. The van der Waals surface area contributed by atoms with Crippen LogP contribution in [0.5, 0.6) is 5.88 Å². The predicted octanol–water partition coefficient (Wildman–Crippen LogP) is 1.27. The number of nitrogens with zero attached hydrogens (tertiary/aromatic N) is 3. The molecule has 3 N–H and O–H groups in total. The number of rotatable bonds is 6. The number of carbonyl (C=O) groups excluding carboxylic acids is 1. The molecule has 116 valence electrons. The van der Waals surface area contributed by atoms with Gasteiger partial charge in [0.15, 0.2) is 5.82 Å². The molecule has 0 radical (unpaired) electrons. The second kappa shape index (κ2) is 7.10. The van der Waals surface area contributed by atoms with Gasteiger partial charge < -0.3 is 20.7 Å². The van der Waals surface area contributed by atoms with Crippen LogP contribution in [0.25, 0.3) is 0 Å². The number of anilines is 2. The number of amides is 1. The number of ether oxygens (including phenoxy) is 1. The highest BCUT2D eigenvalue weighted by atomic mass is 16.5. The molecule has 0 aliphatic carbocycles. The lowest BCUT2D eigenvalue weighted by Crippen LogP contribution is -2.29. The van der Waals surface area contributed by atoms with Crippen LogP contribution in [0.1, 0.15) is 33.1 Å². The molecule has 0 saturated carbocycles. The third-order valence-electron chi connectivity index (χ3n) is 3.28. The van der Waals surface area contributed by atoms with E-state index in [1.54, 1.807) is 0 Å². The molecular weight excluding hydrogens is 270 g/mol. The molecule has 1 amide bonds. The summed E-state index contributed by atoms with van der Waals surface area (Å²) < 4.78 is 5.50. The van der Waals surface area contributed by atoms with Gasteiger partial charge in [-0.05, 0) is 26.7 Å². The maximum absolute atomic E-state index is 11.9. The molecule has 0 spiro atoms. The van der Waals surface area contributed by atoms with E-state index in [9.17, 15) is 4.79 Å². The predicted molar refractivity (Wildman–Crippen MR) is 81.1 cm³/mol. The van der Waals surface area contributed by atoms with Crippen molar-refractivity contribution in [1.82, 2.24) is 14.9 Å². The van der Waals surface area contributed by atoms with Crippen molar-refractivity contribution in [3.05, 3.63) is 6.33 Å². The third-order valence-corrected chi connectivity index (χ3v) is 3.28. The second-order valence-corrected chi connectivity index (χ2v) is 5.37. The summed E-state index contributed by atoms with van der Waals surface area (Å²) in [5.74, 6) is 1.05. The van der Waals surface area contributed by atoms with Crippen LogP contribution < -0.4 is 15.8 Å². The Bertz CT molecular complexity index is 486. The molecule has 7 nitrogen and oxygen atoms in total. The average molecular weight is 293 g/mol. The Morgan fingerprint density at radius 1 is 1.43 bits per heavy atom. The van der Waals surface area contributed by atoms with Gasteiger partial charge in [0.2, 0.25) is 11.8 Å². The first-order chi connectivity index (χ1) is 10.1. The minimum Gasteiger partial charge on any atom is -0.473 e. The first kappa shape index (κ1) is 15.3. The van der Waals surface area contributed by atoms with Crippen molar-refractivity contribution >= 4 is 17.4 Å². The number of nitrogens with two attached hydrogens (primary N) is 1. The van der Waals surface area contributed by atoms with Gasteiger partial charge in [0.1, 0.15) is 12.0 Å². The Morgan fingerprint density at radius 2 is 2.14 bits per heavy atom. The molecule has 0 bridgehead atoms.